The fraction of sp³-hybridized carbons (Fsp3) is 0.953. The van der Waals surface area contributed by atoms with Crippen molar-refractivity contribution in [2.24, 2.45) is 17.8 Å². The van der Waals surface area contributed by atoms with Gasteiger partial charge in [-0.2, -0.15) is 0 Å². The van der Waals surface area contributed by atoms with E-state index < -0.39 is 97.5 Å². The first kappa shape index (κ1) is 103. The fourth-order valence-corrected chi connectivity index (χ4v) is 14.9. The number of hydrogen-bond acceptors (Lipinski definition) is 15. The zero-order valence-electron chi connectivity index (χ0n) is 69.2. The molecule has 0 heterocycles. The average Bonchev–Trinajstić information content (AvgIpc) is 0.903. The van der Waals surface area contributed by atoms with Gasteiger partial charge in [0.2, 0.25) is 0 Å². The summed E-state index contributed by atoms with van der Waals surface area (Å²) < 4.78 is 68.9. The molecule has 624 valence electrons. The Morgan fingerprint density at radius 1 is 0.276 bits per heavy atom. The van der Waals surface area contributed by atoms with Gasteiger partial charge in [-0.25, -0.2) is 9.13 Å². The monoisotopic (exact) mass is 1540 g/mol. The molecule has 3 unspecified atom stereocenters. The Kier molecular flexibility index (Phi) is 74.7. The van der Waals surface area contributed by atoms with Crippen LogP contribution in [0.2, 0.25) is 0 Å². The molecule has 0 aliphatic heterocycles. The van der Waals surface area contributed by atoms with Crippen LogP contribution in [0, 0.1) is 17.8 Å². The first-order valence-electron chi connectivity index (χ1n) is 44.4. The van der Waals surface area contributed by atoms with Crippen molar-refractivity contribution < 1.29 is 80.2 Å². The first-order valence-corrected chi connectivity index (χ1v) is 47.4. The van der Waals surface area contributed by atoms with Crippen LogP contribution in [0.25, 0.3) is 0 Å². The smallest absolute Gasteiger partial charge is 0.462 e. The molecule has 0 spiro atoms. The SMILES string of the molecule is CCCCCCCCCCCCCCCCCCCCC(=O)O[C@H](COC(=O)CCCCCCCCCCC(C)C)COP(=O)(O)OC[C@H](O)COP(=O)(O)OC[C@@H](COC(=O)CCCCCCCCCCCCCCCCC(C)CC)OC(=O)CCCCCCCCCCCCCCCCCC(C)C. The minimum absolute atomic E-state index is 0.108. The second-order valence-corrected chi connectivity index (χ2v) is 35.0. The van der Waals surface area contributed by atoms with Crippen molar-refractivity contribution in [2.45, 2.75) is 471 Å². The van der Waals surface area contributed by atoms with Crippen molar-refractivity contribution in [2.75, 3.05) is 39.6 Å². The largest absolute Gasteiger partial charge is 0.472 e. The van der Waals surface area contributed by atoms with Crippen molar-refractivity contribution in [1.82, 2.24) is 0 Å². The molecule has 6 atom stereocenters. The van der Waals surface area contributed by atoms with E-state index in [1.54, 1.807) is 0 Å². The van der Waals surface area contributed by atoms with Gasteiger partial charge in [-0.05, 0) is 43.4 Å². The van der Waals surface area contributed by atoms with E-state index in [2.05, 4.69) is 48.5 Å². The molecule has 0 aromatic heterocycles. The Hall–Kier alpha value is -1.94. The molecule has 0 radical (unpaired) electrons. The summed E-state index contributed by atoms with van der Waals surface area (Å²) in [5, 5.41) is 10.7. The topological polar surface area (TPSA) is 237 Å². The first-order chi connectivity index (χ1) is 50.8. The van der Waals surface area contributed by atoms with Gasteiger partial charge in [0, 0.05) is 25.7 Å². The van der Waals surface area contributed by atoms with Gasteiger partial charge in [-0.1, -0.05) is 402 Å². The maximum atomic E-state index is 13.1. The molecule has 0 fully saturated rings. The van der Waals surface area contributed by atoms with Crippen molar-refractivity contribution in [3.05, 3.63) is 0 Å². The minimum Gasteiger partial charge on any atom is -0.462 e. The summed E-state index contributed by atoms with van der Waals surface area (Å²) in [7, 11) is -9.93. The molecule has 0 amide bonds. The normalized spacial score (nSPS) is 14.1. The predicted octanol–water partition coefficient (Wildman–Crippen LogP) is 26.1. The van der Waals surface area contributed by atoms with E-state index in [1.807, 2.05) is 0 Å². The molecule has 19 heteroatoms. The van der Waals surface area contributed by atoms with Gasteiger partial charge in [-0.15, -0.1) is 0 Å². The summed E-state index contributed by atoms with van der Waals surface area (Å²) in [5.41, 5.74) is 0. The number of phosphoric ester groups is 2. The second kappa shape index (κ2) is 76.1. The number of rotatable bonds is 84. The number of phosphoric acid groups is 2. The van der Waals surface area contributed by atoms with Crippen LogP contribution >= 0.6 is 15.6 Å². The van der Waals surface area contributed by atoms with Gasteiger partial charge < -0.3 is 33.8 Å². The van der Waals surface area contributed by atoms with E-state index in [9.17, 15) is 43.2 Å². The lowest BCUT2D eigenvalue weighted by Gasteiger charge is -2.21. The van der Waals surface area contributed by atoms with Crippen LogP contribution in [-0.2, 0) is 65.4 Å². The van der Waals surface area contributed by atoms with Crippen LogP contribution in [0.5, 0.6) is 0 Å². The lowest BCUT2D eigenvalue weighted by atomic mass is 9.99. The third-order valence-electron chi connectivity index (χ3n) is 20.5. The Balaban J connectivity index is 5.25. The molecule has 0 aromatic rings. The molecule has 0 saturated carbocycles. The van der Waals surface area contributed by atoms with Crippen molar-refractivity contribution in [3.63, 3.8) is 0 Å². The standard InChI is InChI=1S/C86H168O17P2/c1-8-10-11-12-13-14-15-16-17-18-19-22-29-34-39-48-55-62-69-86(91)103-82(74-97-84(89)68-61-54-47-42-41-44-51-58-65-78(5)6)76-101-105(94,95)99-72-80(87)71-98-104(92,93)100-75-81(102-85(90)70-63-56-49-40-35-30-23-20-21-26-31-36-43-50-57-64-77(3)4)73-96-83(88)67-60-53-46-38-33-28-25-24-27-32-37-45-52-59-66-79(7)9-2/h77-82,87H,8-76H2,1-7H3,(H,92,93)(H,94,95)/t79?,80-,81-,82-/m1/s1. The van der Waals surface area contributed by atoms with Crippen LogP contribution in [-0.4, -0.2) is 96.7 Å². The summed E-state index contributed by atoms with van der Waals surface area (Å²) in [5.74, 6) is 0.275. The molecule has 0 rings (SSSR count). The Morgan fingerprint density at radius 3 is 0.724 bits per heavy atom. The number of unbranched alkanes of at least 4 members (excludes halogenated alkanes) is 51. The van der Waals surface area contributed by atoms with Gasteiger partial charge in [0.25, 0.3) is 0 Å². The zero-order valence-corrected chi connectivity index (χ0v) is 71.0. The molecule has 105 heavy (non-hydrogen) atoms. The maximum Gasteiger partial charge on any atom is 0.472 e. The van der Waals surface area contributed by atoms with Gasteiger partial charge in [-0.3, -0.25) is 37.3 Å². The van der Waals surface area contributed by atoms with E-state index in [0.29, 0.717) is 25.7 Å². The van der Waals surface area contributed by atoms with Gasteiger partial charge >= 0.3 is 39.5 Å². The summed E-state index contributed by atoms with van der Waals surface area (Å²) in [6.07, 6.45) is 66.6. The van der Waals surface area contributed by atoms with Crippen molar-refractivity contribution in [1.29, 1.82) is 0 Å². The summed E-state index contributed by atoms with van der Waals surface area (Å²) in [6.45, 7) is 12.0. The van der Waals surface area contributed by atoms with E-state index in [1.165, 1.54) is 263 Å². The molecule has 3 N–H and O–H groups in total. The average molecular weight is 1540 g/mol. The lowest BCUT2D eigenvalue weighted by Crippen LogP contribution is -2.30. The highest BCUT2D eigenvalue weighted by atomic mass is 31.2. The van der Waals surface area contributed by atoms with Gasteiger partial charge in [0.1, 0.15) is 19.3 Å². The maximum absolute atomic E-state index is 13.1. The molecule has 0 aliphatic carbocycles. The fourth-order valence-electron chi connectivity index (χ4n) is 13.3. The summed E-state index contributed by atoms with van der Waals surface area (Å²) in [4.78, 5) is 73.2. The highest BCUT2D eigenvalue weighted by Crippen LogP contribution is 2.45. The molecular weight excluding hydrogens is 1370 g/mol. The molecule has 0 aromatic carbocycles. The van der Waals surface area contributed by atoms with E-state index in [-0.39, 0.29) is 25.7 Å². The third-order valence-corrected chi connectivity index (χ3v) is 22.4. The van der Waals surface area contributed by atoms with Crippen LogP contribution in [0.4, 0.5) is 0 Å². The van der Waals surface area contributed by atoms with E-state index in [4.69, 9.17) is 37.0 Å². The summed E-state index contributed by atoms with van der Waals surface area (Å²) in [6, 6.07) is 0. The molecular formula is C86H168O17P2. The zero-order chi connectivity index (χ0) is 77.2. The molecule has 17 nitrogen and oxygen atoms in total. The number of hydrogen-bond donors (Lipinski definition) is 3. The van der Waals surface area contributed by atoms with Crippen LogP contribution in [0.15, 0.2) is 0 Å². The van der Waals surface area contributed by atoms with Crippen LogP contribution < -0.4 is 0 Å². The molecule has 0 aliphatic rings. The Labute approximate surface area is 645 Å². The molecule has 0 saturated heterocycles. The van der Waals surface area contributed by atoms with Gasteiger partial charge in [0.15, 0.2) is 12.2 Å². The predicted molar refractivity (Wildman–Crippen MR) is 432 cm³/mol. The third kappa shape index (κ3) is 78.5. The number of esters is 4. The van der Waals surface area contributed by atoms with Crippen molar-refractivity contribution in [3.8, 4) is 0 Å². The second-order valence-electron chi connectivity index (χ2n) is 32.1. The minimum atomic E-state index is -4.97. The Morgan fingerprint density at radius 2 is 0.486 bits per heavy atom. The quantitative estimate of drug-likeness (QED) is 0.0222. The highest BCUT2D eigenvalue weighted by Gasteiger charge is 2.30. The number of ether oxygens (including phenoxy) is 4. The number of aliphatic hydroxyl groups excluding tert-OH is 1. The molecule has 0 bridgehead atoms. The highest BCUT2D eigenvalue weighted by molar-refractivity contribution is 7.47. The number of aliphatic hydroxyl groups is 1. The summed E-state index contributed by atoms with van der Waals surface area (Å²) >= 11 is 0. The van der Waals surface area contributed by atoms with Gasteiger partial charge in [0.05, 0.1) is 26.4 Å². The van der Waals surface area contributed by atoms with Crippen LogP contribution in [0.1, 0.15) is 453 Å². The number of carbonyl (C=O) groups excluding carboxylic acids is 4. The lowest BCUT2D eigenvalue weighted by molar-refractivity contribution is -0.161. The van der Waals surface area contributed by atoms with E-state index >= 15 is 0 Å². The number of carbonyl (C=O) groups is 4. The Bertz CT molecular complexity index is 2030. The van der Waals surface area contributed by atoms with Crippen LogP contribution in [0.3, 0.4) is 0 Å². The van der Waals surface area contributed by atoms with E-state index in [0.717, 1.165) is 108 Å². The van der Waals surface area contributed by atoms with Crippen molar-refractivity contribution >= 4 is 39.5 Å².